The van der Waals surface area contributed by atoms with Gasteiger partial charge in [-0.25, -0.2) is 4.98 Å². The SMILES string of the molecule is O[C@]1(C(F)(F)F)[C@H]2COc3ccccc3C2=NN1c1nc(-c2ccncc2)cs1. The Morgan fingerprint density at radius 3 is 2.69 bits per heavy atom. The molecule has 2 aliphatic rings. The fraction of sp³-hybridized carbons (Fsp3) is 0.211. The summed E-state index contributed by atoms with van der Waals surface area (Å²) in [7, 11) is 0. The van der Waals surface area contributed by atoms with Gasteiger partial charge in [-0.15, -0.1) is 11.3 Å². The molecule has 10 heteroatoms. The van der Waals surface area contributed by atoms with Crippen molar-refractivity contribution in [2.45, 2.75) is 11.9 Å². The van der Waals surface area contributed by atoms with Crippen LogP contribution in [0.5, 0.6) is 5.75 Å². The van der Waals surface area contributed by atoms with Gasteiger partial charge >= 0.3 is 6.18 Å². The second-order valence-corrected chi connectivity index (χ2v) is 7.47. The average Bonchev–Trinajstić information content (AvgIpc) is 3.32. The summed E-state index contributed by atoms with van der Waals surface area (Å²) < 4.78 is 47.8. The first-order valence-electron chi connectivity index (χ1n) is 8.65. The minimum Gasteiger partial charge on any atom is -0.492 e. The van der Waals surface area contributed by atoms with E-state index in [-0.39, 0.29) is 17.5 Å². The van der Waals surface area contributed by atoms with Gasteiger partial charge < -0.3 is 9.84 Å². The number of thiazole rings is 1. The van der Waals surface area contributed by atoms with E-state index in [9.17, 15) is 18.3 Å². The van der Waals surface area contributed by atoms with Crippen molar-refractivity contribution in [3.8, 4) is 17.0 Å². The number of hydrogen-bond donors (Lipinski definition) is 1. The van der Waals surface area contributed by atoms with Crippen LogP contribution in [0, 0.1) is 5.92 Å². The predicted octanol–water partition coefficient (Wildman–Crippen LogP) is 3.69. The molecule has 0 bridgehead atoms. The molecule has 0 fully saturated rings. The van der Waals surface area contributed by atoms with Crippen molar-refractivity contribution in [1.29, 1.82) is 0 Å². The molecule has 5 rings (SSSR count). The number of benzene rings is 1. The van der Waals surface area contributed by atoms with E-state index >= 15 is 0 Å². The zero-order chi connectivity index (χ0) is 20.2. The Balaban J connectivity index is 1.63. The van der Waals surface area contributed by atoms with Gasteiger partial charge in [-0.3, -0.25) is 4.98 Å². The lowest BCUT2D eigenvalue weighted by Gasteiger charge is -2.38. The zero-order valence-corrected chi connectivity index (χ0v) is 15.5. The highest BCUT2D eigenvalue weighted by molar-refractivity contribution is 7.14. The van der Waals surface area contributed by atoms with Crippen LogP contribution in [0.1, 0.15) is 5.56 Å². The van der Waals surface area contributed by atoms with Gasteiger partial charge in [-0.05, 0) is 24.3 Å². The molecule has 0 spiro atoms. The van der Waals surface area contributed by atoms with Crippen LogP contribution >= 0.6 is 11.3 Å². The van der Waals surface area contributed by atoms with Gasteiger partial charge in [0.05, 0.1) is 17.3 Å². The molecule has 0 saturated heterocycles. The number of hydrogen-bond acceptors (Lipinski definition) is 7. The smallest absolute Gasteiger partial charge is 0.439 e. The molecule has 0 amide bonds. The fourth-order valence-corrected chi connectivity index (χ4v) is 4.37. The molecule has 4 heterocycles. The highest BCUT2D eigenvalue weighted by atomic mass is 32.1. The lowest BCUT2D eigenvalue weighted by atomic mass is 9.86. The number of para-hydroxylation sites is 1. The lowest BCUT2D eigenvalue weighted by molar-refractivity contribution is -0.270. The predicted molar refractivity (Wildman–Crippen MR) is 101 cm³/mol. The Hall–Kier alpha value is -2.98. The van der Waals surface area contributed by atoms with Gasteiger partial charge in [-0.1, -0.05) is 12.1 Å². The topological polar surface area (TPSA) is 70.8 Å². The molecule has 0 aliphatic carbocycles. The number of nitrogens with zero attached hydrogens (tertiary/aromatic N) is 4. The van der Waals surface area contributed by atoms with Crippen LogP contribution in [0.25, 0.3) is 11.3 Å². The van der Waals surface area contributed by atoms with Crippen LogP contribution in [0.3, 0.4) is 0 Å². The fourth-order valence-electron chi connectivity index (χ4n) is 3.53. The van der Waals surface area contributed by atoms with Crippen molar-refractivity contribution in [2.75, 3.05) is 11.6 Å². The Kier molecular flexibility index (Phi) is 3.90. The Labute approximate surface area is 166 Å². The van der Waals surface area contributed by atoms with Gasteiger partial charge in [0.15, 0.2) is 0 Å². The summed E-state index contributed by atoms with van der Waals surface area (Å²) in [6, 6.07) is 10.1. The van der Waals surface area contributed by atoms with Gasteiger partial charge in [-0.2, -0.15) is 23.3 Å². The zero-order valence-electron chi connectivity index (χ0n) is 14.7. The van der Waals surface area contributed by atoms with Crippen molar-refractivity contribution >= 4 is 22.2 Å². The van der Waals surface area contributed by atoms with Crippen molar-refractivity contribution in [1.82, 2.24) is 9.97 Å². The summed E-state index contributed by atoms with van der Waals surface area (Å²) in [4.78, 5) is 8.22. The van der Waals surface area contributed by atoms with E-state index in [0.717, 1.165) is 11.3 Å². The van der Waals surface area contributed by atoms with E-state index in [1.54, 1.807) is 54.2 Å². The maximum absolute atomic E-state index is 14.1. The van der Waals surface area contributed by atoms with Crippen molar-refractivity contribution in [3.63, 3.8) is 0 Å². The molecule has 1 aromatic carbocycles. The number of alkyl halides is 3. The van der Waals surface area contributed by atoms with E-state index in [0.29, 0.717) is 27.6 Å². The lowest BCUT2D eigenvalue weighted by Crippen LogP contribution is -2.61. The number of hydrazone groups is 1. The standard InChI is InChI=1S/C19H13F3N4O2S/c20-19(21,22)18(27)13-9-28-15-4-2-1-3-12(15)16(13)25-26(18)17-24-14(10-29-17)11-5-7-23-8-6-11/h1-8,10,13,27H,9H2/t13-,18-/m0/s1. The number of aromatic nitrogens is 2. The summed E-state index contributed by atoms with van der Waals surface area (Å²) in [6.07, 6.45) is -1.85. The molecule has 0 saturated carbocycles. The van der Waals surface area contributed by atoms with Crippen LogP contribution in [0.2, 0.25) is 0 Å². The summed E-state index contributed by atoms with van der Waals surface area (Å²) in [5.41, 5.74) is -1.52. The second-order valence-electron chi connectivity index (χ2n) is 6.63. The van der Waals surface area contributed by atoms with Crippen LogP contribution in [-0.4, -0.2) is 39.3 Å². The normalized spacial score (nSPS) is 23.2. The Morgan fingerprint density at radius 2 is 1.93 bits per heavy atom. The number of aliphatic hydroxyl groups is 1. The molecule has 2 aromatic heterocycles. The highest BCUT2D eigenvalue weighted by Gasteiger charge is 2.69. The maximum Gasteiger partial charge on any atom is 0.439 e. The summed E-state index contributed by atoms with van der Waals surface area (Å²) in [5, 5.41) is 17.2. The molecule has 0 unspecified atom stereocenters. The first-order valence-corrected chi connectivity index (χ1v) is 9.53. The largest absolute Gasteiger partial charge is 0.492 e. The van der Waals surface area contributed by atoms with Crippen LogP contribution in [0.4, 0.5) is 18.3 Å². The van der Waals surface area contributed by atoms with Gasteiger partial charge in [0.1, 0.15) is 12.4 Å². The van der Waals surface area contributed by atoms with Crippen molar-refractivity contribution < 1.29 is 23.0 Å². The van der Waals surface area contributed by atoms with Crippen molar-refractivity contribution in [2.24, 2.45) is 11.0 Å². The van der Waals surface area contributed by atoms with Crippen LogP contribution < -0.4 is 9.75 Å². The van der Waals surface area contributed by atoms with Gasteiger partial charge in [0.2, 0.25) is 5.13 Å². The third-order valence-corrected chi connectivity index (χ3v) is 5.80. The Morgan fingerprint density at radius 1 is 1.17 bits per heavy atom. The number of fused-ring (bicyclic) bond motifs is 3. The highest BCUT2D eigenvalue weighted by Crippen LogP contribution is 2.50. The number of halogens is 3. The molecule has 6 nitrogen and oxygen atoms in total. The van der Waals surface area contributed by atoms with Crippen LogP contribution in [0.15, 0.2) is 59.3 Å². The number of anilines is 1. The monoisotopic (exact) mass is 418 g/mol. The van der Waals surface area contributed by atoms with Crippen LogP contribution in [-0.2, 0) is 0 Å². The molecule has 29 heavy (non-hydrogen) atoms. The molecule has 0 radical (unpaired) electrons. The number of rotatable bonds is 2. The summed E-state index contributed by atoms with van der Waals surface area (Å²) in [6.45, 7) is -0.342. The molecule has 3 aromatic rings. The first kappa shape index (κ1) is 18.1. The third-order valence-electron chi connectivity index (χ3n) is 4.98. The van der Waals surface area contributed by atoms with Gasteiger partial charge in [0, 0.05) is 28.9 Å². The molecule has 2 atom stereocenters. The molecule has 148 valence electrons. The van der Waals surface area contributed by atoms with E-state index in [4.69, 9.17) is 4.74 Å². The molecule has 2 aliphatic heterocycles. The van der Waals surface area contributed by atoms with Crippen molar-refractivity contribution in [3.05, 3.63) is 59.7 Å². The number of pyridine rings is 1. The summed E-state index contributed by atoms with van der Waals surface area (Å²) >= 11 is 0.973. The molecular formula is C19H13F3N4O2S. The maximum atomic E-state index is 14.1. The van der Waals surface area contributed by atoms with E-state index < -0.39 is 17.8 Å². The first-order chi connectivity index (χ1) is 13.9. The van der Waals surface area contributed by atoms with E-state index in [2.05, 4.69) is 15.1 Å². The minimum atomic E-state index is -4.99. The summed E-state index contributed by atoms with van der Waals surface area (Å²) in [5.74, 6) is -0.962. The quantitative estimate of drug-likeness (QED) is 0.688. The van der Waals surface area contributed by atoms with E-state index in [1.807, 2.05) is 0 Å². The Bertz CT molecular complexity index is 1100. The molecule has 1 N–H and O–H groups in total. The second kappa shape index (κ2) is 6.26. The minimum absolute atomic E-state index is 0.0592. The average molecular weight is 418 g/mol. The van der Waals surface area contributed by atoms with Gasteiger partial charge in [0.25, 0.3) is 5.72 Å². The third kappa shape index (κ3) is 2.63. The van der Waals surface area contributed by atoms with E-state index in [1.165, 1.54) is 0 Å². The number of ether oxygens (including phenoxy) is 1. The molecular weight excluding hydrogens is 405 g/mol.